The van der Waals surface area contributed by atoms with Crippen LogP contribution in [-0.2, 0) is 13.0 Å². The van der Waals surface area contributed by atoms with Crippen LogP contribution in [0.2, 0.25) is 0 Å². The average molecular weight is 469 g/mol. The molecule has 1 heterocycles. The lowest BCUT2D eigenvalue weighted by atomic mass is 10.1. The molecule has 0 spiro atoms. The van der Waals surface area contributed by atoms with E-state index < -0.39 is 0 Å². The third-order valence-corrected chi connectivity index (χ3v) is 5.30. The predicted molar refractivity (Wildman–Crippen MR) is 140 cm³/mol. The number of nitrogens with one attached hydrogen (secondary N) is 3. The van der Waals surface area contributed by atoms with Crippen molar-refractivity contribution >= 4 is 35.1 Å². The zero-order chi connectivity index (χ0) is 24.5. The van der Waals surface area contributed by atoms with E-state index in [1.54, 1.807) is 24.3 Å². The number of aryl methyl sites for hydroxylation is 1. The first-order valence-electron chi connectivity index (χ1n) is 11.3. The summed E-state index contributed by atoms with van der Waals surface area (Å²) in [7, 11) is 0. The zero-order valence-electron chi connectivity index (χ0n) is 19.2. The molecule has 35 heavy (non-hydrogen) atoms. The Morgan fingerprint density at radius 1 is 0.743 bits per heavy atom. The lowest BCUT2D eigenvalue weighted by Gasteiger charge is -2.10. The van der Waals surface area contributed by atoms with Crippen molar-refractivity contribution in [1.29, 1.82) is 0 Å². The number of aromatic nitrogens is 3. The fourth-order valence-corrected chi connectivity index (χ4v) is 3.45. The number of hydrogen-bond donors (Lipinski definition) is 5. The Balaban J connectivity index is 1.28. The number of benzene rings is 3. The molecule has 9 nitrogen and oxygen atoms in total. The maximum atomic E-state index is 12.5. The first kappa shape index (κ1) is 23.5. The fourth-order valence-electron chi connectivity index (χ4n) is 3.45. The standard InChI is InChI=1S/C26H28N8O/c27-21-10-4-5-11-22(21)31-23(35)20-14-12-19(13-15-20)17-30-26-33-24(28)32-25(34-26)29-16-6-9-18-7-2-1-3-8-18/h1-5,7-8,10-15H,6,9,16-17,27H2,(H,31,35)(H4,28,29,30,32,33,34). The molecule has 4 aromatic rings. The quantitative estimate of drug-likeness (QED) is 0.174. The molecule has 7 N–H and O–H groups in total. The predicted octanol–water partition coefficient (Wildman–Crippen LogP) is 3.95. The second kappa shape index (κ2) is 11.5. The average Bonchev–Trinajstić information content (AvgIpc) is 2.87. The summed E-state index contributed by atoms with van der Waals surface area (Å²) in [6, 6.07) is 24.7. The first-order valence-corrected chi connectivity index (χ1v) is 11.3. The van der Waals surface area contributed by atoms with E-state index in [1.807, 2.05) is 42.5 Å². The van der Waals surface area contributed by atoms with Crippen molar-refractivity contribution < 1.29 is 4.79 Å². The highest BCUT2D eigenvalue weighted by atomic mass is 16.1. The Kier molecular flexibility index (Phi) is 7.70. The van der Waals surface area contributed by atoms with E-state index in [4.69, 9.17) is 11.5 Å². The Bertz CT molecular complexity index is 1260. The fraction of sp³-hybridized carbons (Fsp3) is 0.154. The normalized spacial score (nSPS) is 10.5. The third-order valence-electron chi connectivity index (χ3n) is 5.30. The molecular weight excluding hydrogens is 440 g/mol. The zero-order valence-corrected chi connectivity index (χ0v) is 19.2. The molecule has 9 heteroatoms. The van der Waals surface area contributed by atoms with Crippen molar-refractivity contribution in [2.75, 3.05) is 34.0 Å². The second-order valence-corrected chi connectivity index (χ2v) is 7.95. The van der Waals surface area contributed by atoms with E-state index in [1.165, 1.54) is 5.56 Å². The number of anilines is 5. The maximum Gasteiger partial charge on any atom is 0.255 e. The van der Waals surface area contributed by atoms with Gasteiger partial charge in [0.25, 0.3) is 5.91 Å². The van der Waals surface area contributed by atoms with Crippen molar-refractivity contribution in [2.45, 2.75) is 19.4 Å². The molecule has 4 rings (SSSR count). The highest BCUT2D eigenvalue weighted by molar-refractivity contribution is 6.05. The Morgan fingerprint density at radius 2 is 1.43 bits per heavy atom. The van der Waals surface area contributed by atoms with Gasteiger partial charge in [0.2, 0.25) is 17.8 Å². The molecule has 0 unspecified atom stereocenters. The topological polar surface area (TPSA) is 144 Å². The Labute approximate surface area is 204 Å². The summed E-state index contributed by atoms with van der Waals surface area (Å²) in [5.74, 6) is 0.723. The SMILES string of the molecule is Nc1nc(NCCCc2ccccc2)nc(NCc2ccc(C(=O)Nc3ccccc3N)cc2)n1. The van der Waals surface area contributed by atoms with Gasteiger partial charge < -0.3 is 27.4 Å². The van der Waals surface area contributed by atoms with Gasteiger partial charge in [0, 0.05) is 18.7 Å². The van der Waals surface area contributed by atoms with Crippen molar-refractivity contribution in [3.63, 3.8) is 0 Å². The van der Waals surface area contributed by atoms with E-state index in [0.29, 0.717) is 35.4 Å². The number of carbonyl (C=O) groups is 1. The summed E-state index contributed by atoms with van der Waals surface area (Å²) >= 11 is 0. The summed E-state index contributed by atoms with van der Waals surface area (Å²) < 4.78 is 0. The monoisotopic (exact) mass is 468 g/mol. The van der Waals surface area contributed by atoms with Gasteiger partial charge in [-0.15, -0.1) is 0 Å². The largest absolute Gasteiger partial charge is 0.397 e. The molecule has 0 aliphatic carbocycles. The number of nitrogens with two attached hydrogens (primary N) is 2. The van der Waals surface area contributed by atoms with Gasteiger partial charge in [-0.05, 0) is 48.2 Å². The van der Waals surface area contributed by atoms with E-state index in [-0.39, 0.29) is 11.9 Å². The minimum atomic E-state index is -0.226. The summed E-state index contributed by atoms with van der Waals surface area (Å²) in [4.78, 5) is 25.2. The molecule has 0 aliphatic rings. The van der Waals surface area contributed by atoms with E-state index in [2.05, 4.69) is 43.0 Å². The molecular formula is C26H28N8O. The minimum Gasteiger partial charge on any atom is -0.397 e. The van der Waals surface area contributed by atoms with Crippen LogP contribution in [0.3, 0.4) is 0 Å². The van der Waals surface area contributed by atoms with Crippen LogP contribution in [0.15, 0.2) is 78.9 Å². The summed E-state index contributed by atoms with van der Waals surface area (Å²) in [6.45, 7) is 1.18. The molecule has 0 fully saturated rings. The Morgan fingerprint density at radius 3 is 2.17 bits per heavy atom. The highest BCUT2D eigenvalue weighted by Gasteiger charge is 2.09. The summed E-state index contributed by atoms with van der Waals surface area (Å²) in [5, 5.41) is 9.18. The molecule has 3 aromatic carbocycles. The van der Waals surface area contributed by atoms with Crippen LogP contribution in [0.4, 0.5) is 29.2 Å². The van der Waals surface area contributed by atoms with Crippen LogP contribution >= 0.6 is 0 Å². The molecule has 0 bridgehead atoms. The lowest BCUT2D eigenvalue weighted by Crippen LogP contribution is -2.13. The van der Waals surface area contributed by atoms with Crippen LogP contribution in [0.5, 0.6) is 0 Å². The van der Waals surface area contributed by atoms with Crippen LogP contribution in [0.1, 0.15) is 27.9 Å². The molecule has 0 saturated carbocycles. The molecule has 0 radical (unpaired) electrons. The number of rotatable bonds is 10. The number of nitrogen functional groups attached to an aromatic ring is 2. The molecule has 1 aromatic heterocycles. The number of hydrogen-bond acceptors (Lipinski definition) is 8. The van der Waals surface area contributed by atoms with Crippen LogP contribution in [0.25, 0.3) is 0 Å². The van der Waals surface area contributed by atoms with E-state index >= 15 is 0 Å². The van der Waals surface area contributed by atoms with Crippen LogP contribution < -0.4 is 27.4 Å². The number of amides is 1. The third kappa shape index (κ3) is 6.91. The molecule has 0 saturated heterocycles. The molecule has 1 amide bonds. The van der Waals surface area contributed by atoms with Gasteiger partial charge in [0.1, 0.15) is 0 Å². The number of para-hydroxylation sites is 2. The minimum absolute atomic E-state index is 0.139. The van der Waals surface area contributed by atoms with Gasteiger partial charge in [-0.2, -0.15) is 15.0 Å². The van der Waals surface area contributed by atoms with Crippen LogP contribution in [-0.4, -0.2) is 27.4 Å². The van der Waals surface area contributed by atoms with E-state index in [9.17, 15) is 4.79 Å². The Hall–Kier alpha value is -4.66. The van der Waals surface area contributed by atoms with Gasteiger partial charge in [-0.3, -0.25) is 4.79 Å². The van der Waals surface area contributed by atoms with Crippen molar-refractivity contribution in [3.8, 4) is 0 Å². The van der Waals surface area contributed by atoms with Crippen molar-refractivity contribution in [3.05, 3.63) is 95.6 Å². The van der Waals surface area contributed by atoms with Crippen molar-refractivity contribution in [2.24, 2.45) is 0 Å². The number of carbonyl (C=O) groups excluding carboxylic acids is 1. The second-order valence-electron chi connectivity index (χ2n) is 7.95. The molecule has 178 valence electrons. The van der Waals surface area contributed by atoms with Gasteiger partial charge in [0.05, 0.1) is 11.4 Å². The smallest absolute Gasteiger partial charge is 0.255 e. The number of nitrogens with zero attached hydrogens (tertiary/aromatic N) is 3. The van der Waals surface area contributed by atoms with Crippen molar-refractivity contribution in [1.82, 2.24) is 15.0 Å². The maximum absolute atomic E-state index is 12.5. The summed E-state index contributed by atoms with van der Waals surface area (Å²) in [6.07, 6.45) is 1.90. The van der Waals surface area contributed by atoms with Gasteiger partial charge in [-0.25, -0.2) is 0 Å². The highest BCUT2D eigenvalue weighted by Crippen LogP contribution is 2.18. The van der Waals surface area contributed by atoms with Gasteiger partial charge >= 0.3 is 0 Å². The van der Waals surface area contributed by atoms with E-state index in [0.717, 1.165) is 24.9 Å². The lowest BCUT2D eigenvalue weighted by molar-refractivity contribution is 0.102. The summed E-state index contributed by atoms with van der Waals surface area (Å²) in [5.41, 5.74) is 15.6. The van der Waals surface area contributed by atoms with Gasteiger partial charge in [-0.1, -0.05) is 54.6 Å². The van der Waals surface area contributed by atoms with Gasteiger partial charge in [0.15, 0.2) is 0 Å². The molecule has 0 aliphatic heterocycles. The van der Waals surface area contributed by atoms with Crippen LogP contribution in [0, 0.1) is 0 Å². The molecule has 0 atom stereocenters. The first-order chi connectivity index (χ1) is 17.1.